The highest BCUT2D eigenvalue weighted by Gasteiger charge is 2.13. The van der Waals surface area contributed by atoms with Gasteiger partial charge in [-0.1, -0.05) is 24.3 Å². The number of fused-ring (bicyclic) bond motifs is 2. The average Bonchev–Trinajstić information content (AvgIpc) is 2.69. The van der Waals surface area contributed by atoms with Crippen molar-refractivity contribution in [2.75, 3.05) is 27.2 Å². The lowest BCUT2D eigenvalue weighted by atomic mass is 10.1. The summed E-state index contributed by atoms with van der Waals surface area (Å²) in [7, 11) is 3.96. The molecule has 28 heavy (non-hydrogen) atoms. The van der Waals surface area contributed by atoms with Crippen LogP contribution in [0.25, 0.3) is 21.9 Å². The van der Waals surface area contributed by atoms with E-state index in [2.05, 4.69) is 0 Å². The second kappa shape index (κ2) is 7.74. The van der Waals surface area contributed by atoms with Gasteiger partial charge in [0.15, 0.2) is 11.3 Å². The van der Waals surface area contributed by atoms with E-state index in [4.69, 9.17) is 13.9 Å². The summed E-state index contributed by atoms with van der Waals surface area (Å²) in [6, 6.07) is 20.1. The molecule has 3 aromatic carbocycles. The summed E-state index contributed by atoms with van der Waals surface area (Å²) in [6.07, 6.45) is 0. The predicted molar refractivity (Wildman–Crippen MR) is 111 cm³/mol. The molecule has 0 aliphatic rings. The van der Waals surface area contributed by atoms with Crippen LogP contribution in [-0.2, 0) is 0 Å². The number of hydrogen-bond donors (Lipinski definition) is 0. The van der Waals surface area contributed by atoms with Gasteiger partial charge in [-0.3, -0.25) is 4.79 Å². The van der Waals surface area contributed by atoms with Crippen molar-refractivity contribution in [3.8, 4) is 17.2 Å². The summed E-state index contributed by atoms with van der Waals surface area (Å²) in [5.74, 6) is 1.89. The van der Waals surface area contributed by atoms with Gasteiger partial charge >= 0.3 is 0 Å². The molecule has 4 rings (SSSR count). The maximum Gasteiger partial charge on any atom is 0.200 e. The molecule has 5 heteroatoms. The summed E-state index contributed by atoms with van der Waals surface area (Å²) in [5.41, 5.74) is 0.839. The zero-order valence-electron chi connectivity index (χ0n) is 15.8. The molecule has 142 valence electrons. The fourth-order valence-corrected chi connectivity index (χ4v) is 2.97. The smallest absolute Gasteiger partial charge is 0.200 e. The van der Waals surface area contributed by atoms with Crippen molar-refractivity contribution in [3.63, 3.8) is 0 Å². The summed E-state index contributed by atoms with van der Waals surface area (Å²) in [5, 5.41) is 1.02. The van der Waals surface area contributed by atoms with Gasteiger partial charge in [0.1, 0.15) is 23.7 Å². The number of hydrogen-bond acceptors (Lipinski definition) is 5. The van der Waals surface area contributed by atoms with Crippen LogP contribution in [0.2, 0.25) is 0 Å². The quantitative estimate of drug-likeness (QED) is 0.458. The van der Waals surface area contributed by atoms with Crippen LogP contribution in [-0.4, -0.2) is 32.1 Å². The van der Waals surface area contributed by atoms with Crippen molar-refractivity contribution in [2.45, 2.75) is 0 Å². The molecule has 0 radical (unpaired) electrons. The summed E-state index contributed by atoms with van der Waals surface area (Å²) in [4.78, 5) is 15.0. The molecule has 5 nitrogen and oxygen atoms in total. The van der Waals surface area contributed by atoms with E-state index in [1.165, 1.54) is 0 Å². The monoisotopic (exact) mass is 375 g/mol. The maximum absolute atomic E-state index is 12.9. The molecule has 1 heterocycles. The minimum atomic E-state index is -0.0828. The Labute approximate surface area is 162 Å². The number of para-hydroxylation sites is 2. The molecule has 0 saturated heterocycles. The second-order valence-electron chi connectivity index (χ2n) is 6.79. The first-order valence-electron chi connectivity index (χ1n) is 9.12. The first-order chi connectivity index (χ1) is 13.6. The fourth-order valence-electron chi connectivity index (χ4n) is 2.97. The third-order valence-electron chi connectivity index (χ3n) is 4.41. The molecule has 0 unspecified atom stereocenters. The molecule has 0 N–H and O–H groups in total. The summed E-state index contributed by atoms with van der Waals surface area (Å²) in [6.45, 7) is 1.27. The van der Waals surface area contributed by atoms with Gasteiger partial charge in [0.25, 0.3) is 0 Å². The van der Waals surface area contributed by atoms with Gasteiger partial charge in [0.2, 0.25) is 5.43 Å². The Morgan fingerprint density at radius 2 is 1.71 bits per heavy atom. The van der Waals surface area contributed by atoms with Gasteiger partial charge in [0.05, 0.1) is 10.8 Å². The van der Waals surface area contributed by atoms with Crippen LogP contribution in [0.15, 0.2) is 75.9 Å². The molecule has 0 spiro atoms. The Morgan fingerprint density at radius 1 is 0.893 bits per heavy atom. The Balaban J connectivity index is 1.76. The molecule has 0 aliphatic carbocycles. The van der Waals surface area contributed by atoms with Gasteiger partial charge in [-0.15, -0.1) is 0 Å². The molecule has 0 saturated carbocycles. The number of rotatable bonds is 6. The standard InChI is InChI=1S/C23H21NO4/c1-24(2)13-14-26-20-10-6-9-19-22(25)18-12-11-17(15-21(18)28-23(19)20)27-16-7-4-3-5-8-16/h3-12,15H,13-14H2,1-2H3. The van der Waals surface area contributed by atoms with Crippen LogP contribution >= 0.6 is 0 Å². The van der Waals surface area contributed by atoms with Gasteiger partial charge < -0.3 is 18.8 Å². The van der Waals surface area contributed by atoms with Crippen LogP contribution in [0, 0.1) is 0 Å². The molecule has 0 fully saturated rings. The second-order valence-corrected chi connectivity index (χ2v) is 6.79. The number of ether oxygens (including phenoxy) is 2. The average molecular weight is 375 g/mol. The molecule has 0 amide bonds. The van der Waals surface area contributed by atoms with Gasteiger partial charge in [-0.05, 0) is 50.5 Å². The first kappa shape index (κ1) is 18.1. The third-order valence-corrected chi connectivity index (χ3v) is 4.41. The minimum Gasteiger partial charge on any atom is -0.488 e. The van der Waals surface area contributed by atoms with E-state index in [1.807, 2.05) is 61.5 Å². The van der Waals surface area contributed by atoms with E-state index >= 15 is 0 Å². The molecule has 0 aliphatic heterocycles. The molecule has 0 bridgehead atoms. The van der Waals surface area contributed by atoms with Crippen molar-refractivity contribution in [3.05, 3.63) is 77.0 Å². The van der Waals surface area contributed by atoms with E-state index in [1.54, 1.807) is 24.3 Å². The van der Waals surface area contributed by atoms with Crippen LogP contribution in [0.1, 0.15) is 0 Å². The van der Waals surface area contributed by atoms with Gasteiger partial charge in [0, 0.05) is 12.6 Å². The number of likely N-dealkylation sites (N-methyl/N-ethyl adjacent to an activating group) is 1. The Hall–Kier alpha value is -3.31. The van der Waals surface area contributed by atoms with E-state index in [9.17, 15) is 4.79 Å². The Kier molecular flexibility index (Phi) is 5.00. The van der Waals surface area contributed by atoms with Gasteiger partial charge in [-0.25, -0.2) is 0 Å². The normalized spacial score (nSPS) is 11.2. The lowest BCUT2D eigenvalue weighted by Gasteiger charge is -2.12. The van der Waals surface area contributed by atoms with Crippen molar-refractivity contribution in [2.24, 2.45) is 0 Å². The minimum absolute atomic E-state index is 0.0828. The zero-order chi connectivity index (χ0) is 19.5. The third kappa shape index (κ3) is 3.70. The predicted octanol–water partition coefficient (Wildman–Crippen LogP) is 4.68. The summed E-state index contributed by atoms with van der Waals surface area (Å²) < 4.78 is 17.8. The maximum atomic E-state index is 12.9. The van der Waals surface area contributed by atoms with E-state index < -0.39 is 0 Å². The SMILES string of the molecule is CN(C)CCOc1cccc2c(=O)c3ccc(Oc4ccccc4)cc3oc12. The zero-order valence-corrected chi connectivity index (χ0v) is 15.8. The van der Waals surface area contributed by atoms with Crippen molar-refractivity contribution >= 4 is 21.9 Å². The molecule has 0 atom stereocenters. The highest BCUT2D eigenvalue weighted by molar-refractivity contribution is 5.92. The van der Waals surface area contributed by atoms with E-state index in [-0.39, 0.29) is 5.43 Å². The highest BCUT2D eigenvalue weighted by Crippen LogP contribution is 2.30. The van der Waals surface area contributed by atoms with E-state index in [0.717, 1.165) is 12.3 Å². The van der Waals surface area contributed by atoms with E-state index in [0.29, 0.717) is 40.0 Å². The van der Waals surface area contributed by atoms with Crippen LogP contribution < -0.4 is 14.9 Å². The fraction of sp³-hybridized carbons (Fsp3) is 0.174. The molecule has 1 aromatic heterocycles. The number of benzene rings is 3. The Morgan fingerprint density at radius 3 is 2.50 bits per heavy atom. The lowest BCUT2D eigenvalue weighted by molar-refractivity contribution is 0.261. The van der Waals surface area contributed by atoms with Gasteiger partial charge in [-0.2, -0.15) is 0 Å². The molecular weight excluding hydrogens is 354 g/mol. The van der Waals surface area contributed by atoms with Crippen LogP contribution in [0.4, 0.5) is 0 Å². The highest BCUT2D eigenvalue weighted by atomic mass is 16.5. The largest absolute Gasteiger partial charge is 0.488 e. The summed E-state index contributed by atoms with van der Waals surface area (Å²) >= 11 is 0. The van der Waals surface area contributed by atoms with Crippen molar-refractivity contribution < 1.29 is 13.9 Å². The topological polar surface area (TPSA) is 51.9 Å². The lowest BCUT2D eigenvalue weighted by Crippen LogP contribution is -2.19. The van der Waals surface area contributed by atoms with Crippen molar-refractivity contribution in [1.82, 2.24) is 4.90 Å². The Bertz CT molecular complexity index is 1170. The molecule has 4 aromatic rings. The first-order valence-corrected chi connectivity index (χ1v) is 9.12. The van der Waals surface area contributed by atoms with Crippen LogP contribution in [0.3, 0.4) is 0 Å². The van der Waals surface area contributed by atoms with Crippen LogP contribution in [0.5, 0.6) is 17.2 Å². The number of nitrogens with zero attached hydrogens (tertiary/aromatic N) is 1. The molecular formula is C23H21NO4. The van der Waals surface area contributed by atoms with Crippen molar-refractivity contribution in [1.29, 1.82) is 0 Å².